The molecule has 0 aliphatic rings. The van der Waals surface area contributed by atoms with Crippen molar-refractivity contribution >= 4 is 5.91 Å². The molecule has 0 fully saturated rings. The number of ether oxygens (including phenoxy) is 1. The number of hydrogen-bond donors (Lipinski definition) is 2. The van der Waals surface area contributed by atoms with Gasteiger partial charge < -0.3 is 15.2 Å². The van der Waals surface area contributed by atoms with Crippen LogP contribution in [0.15, 0.2) is 24.3 Å². The van der Waals surface area contributed by atoms with Crippen LogP contribution in [0.4, 0.5) is 0 Å². The Morgan fingerprint density at radius 2 is 2.06 bits per heavy atom. The number of aliphatic hydroxyl groups excluding tert-OH is 1. The molecule has 17 heavy (non-hydrogen) atoms. The van der Waals surface area contributed by atoms with Gasteiger partial charge in [0.1, 0.15) is 5.75 Å². The van der Waals surface area contributed by atoms with Gasteiger partial charge in [-0.15, -0.1) is 0 Å². The van der Waals surface area contributed by atoms with Gasteiger partial charge in [0, 0.05) is 0 Å². The van der Waals surface area contributed by atoms with E-state index in [9.17, 15) is 4.79 Å². The fourth-order valence-electron chi connectivity index (χ4n) is 1.48. The van der Waals surface area contributed by atoms with Gasteiger partial charge >= 0.3 is 0 Å². The Morgan fingerprint density at radius 1 is 1.41 bits per heavy atom. The van der Waals surface area contributed by atoms with Crippen LogP contribution in [0, 0.1) is 0 Å². The van der Waals surface area contributed by atoms with Crippen LogP contribution in [0.3, 0.4) is 0 Å². The highest BCUT2D eigenvalue weighted by atomic mass is 16.5. The van der Waals surface area contributed by atoms with Crippen molar-refractivity contribution in [2.24, 2.45) is 0 Å². The summed E-state index contributed by atoms with van der Waals surface area (Å²) in [4.78, 5) is 11.6. The quantitative estimate of drug-likeness (QED) is 0.779. The maximum absolute atomic E-state index is 11.6. The molecule has 1 unspecified atom stereocenters. The molecule has 0 saturated carbocycles. The fourth-order valence-corrected chi connectivity index (χ4v) is 1.48. The SMILES string of the molecule is CCC(CO)NC(=O)Cc1ccc(OC)cc1. The largest absolute Gasteiger partial charge is 0.497 e. The topological polar surface area (TPSA) is 58.6 Å². The summed E-state index contributed by atoms with van der Waals surface area (Å²) in [7, 11) is 1.61. The molecule has 0 heterocycles. The molecule has 1 amide bonds. The second kappa shape index (κ2) is 6.91. The second-order valence-corrected chi connectivity index (χ2v) is 3.88. The minimum Gasteiger partial charge on any atom is -0.497 e. The van der Waals surface area contributed by atoms with Gasteiger partial charge in [0.15, 0.2) is 0 Å². The molecule has 4 heteroatoms. The molecule has 1 aromatic rings. The van der Waals surface area contributed by atoms with Crippen LogP contribution in [0.5, 0.6) is 5.75 Å². The van der Waals surface area contributed by atoms with E-state index in [0.717, 1.165) is 17.7 Å². The van der Waals surface area contributed by atoms with Crippen molar-refractivity contribution in [2.75, 3.05) is 13.7 Å². The summed E-state index contributed by atoms with van der Waals surface area (Å²) >= 11 is 0. The molecule has 0 aliphatic carbocycles. The first-order valence-electron chi connectivity index (χ1n) is 5.72. The van der Waals surface area contributed by atoms with E-state index in [0.29, 0.717) is 6.42 Å². The smallest absolute Gasteiger partial charge is 0.224 e. The van der Waals surface area contributed by atoms with Crippen LogP contribution in [0.2, 0.25) is 0 Å². The van der Waals surface area contributed by atoms with E-state index < -0.39 is 0 Å². The first-order chi connectivity index (χ1) is 8.19. The van der Waals surface area contributed by atoms with Crippen LogP contribution in [-0.2, 0) is 11.2 Å². The molecule has 1 rings (SSSR count). The monoisotopic (exact) mass is 237 g/mol. The zero-order valence-electron chi connectivity index (χ0n) is 10.3. The van der Waals surface area contributed by atoms with Crippen LogP contribution < -0.4 is 10.1 Å². The van der Waals surface area contributed by atoms with E-state index >= 15 is 0 Å². The van der Waals surface area contributed by atoms with Crippen LogP contribution >= 0.6 is 0 Å². The third-order valence-electron chi connectivity index (χ3n) is 2.60. The summed E-state index contributed by atoms with van der Waals surface area (Å²) < 4.78 is 5.04. The Hall–Kier alpha value is -1.55. The van der Waals surface area contributed by atoms with Gasteiger partial charge in [-0.3, -0.25) is 4.79 Å². The molecule has 0 aliphatic heterocycles. The number of methoxy groups -OCH3 is 1. The molecule has 1 aromatic carbocycles. The minimum absolute atomic E-state index is 0.0230. The van der Waals surface area contributed by atoms with E-state index in [2.05, 4.69) is 5.32 Å². The second-order valence-electron chi connectivity index (χ2n) is 3.88. The summed E-state index contributed by atoms with van der Waals surface area (Å²) in [5.41, 5.74) is 0.927. The molecule has 1 atom stereocenters. The average Bonchev–Trinajstić information content (AvgIpc) is 2.37. The average molecular weight is 237 g/mol. The lowest BCUT2D eigenvalue weighted by Gasteiger charge is -2.13. The number of nitrogens with one attached hydrogen (secondary N) is 1. The normalized spacial score (nSPS) is 11.9. The fraction of sp³-hybridized carbons (Fsp3) is 0.462. The molecule has 4 nitrogen and oxygen atoms in total. The lowest BCUT2D eigenvalue weighted by Crippen LogP contribution is -2.37. The van der Waals surface area contributed by atoms with Crippen molar-refractivity contribution < 1.29 is 14.6 Å². The third-order valence-corrected chi connectivity index (χ3v) is 2.60. The Bertz CT molecular complexity index is 344. The number of rotatable bonds is 6. The highest BCUT2D eigenvalue weighted by Crippen LogP contribution is 2.11. The van der Waals surface area contributed by atoms with Crippen LogP contribution in [0.1, 0.15) is 18.9 Å². The van der Waals surface area contributed by atoms with Gasteiger partial charge in [-0.25, -0.2) is 0 Å². The first-order valence-corrected chi connectivity index (χ1v) is 5.72. The maximum Gasteiger partial charge on any atom is 0.224 e. The molecule has 0 aromatic heterocycles. The molecule has 0 bridgehead atoms. The number of aliphatic hydroxyl groups is 1. The van der Waals surface area contributed by atoms with Gasteiger partial charge in [-0.2, -0.15) is 0 Å². The van der Waals surface area contributed by atoms with Gasteiger partial charge in [-0.1, -0.05) is 19.1 Å². The van der Waals surface area contributed by atoms with E-state index in [-0.39, 0.29) is 18.6 Å². The first kappa shape index (κ1) is 13.5. The van der Waals surface area contributed by atoms with Gasteiger partial charge in [-0.05, 0) is 24.1 Å². The number of carbonyl (C=O) groups excluding carboxylic acids is 1. The third kappa shape index (κ3) is 4.44. The summed E-state index contributed by atoms with van der Waals surface area (Å²) in [6, 6.07) is 7.22. The van der Waals surface area contributed by atoms with Crippen LogP contribution in [0.25, 0.3) is 0 Å². The highest BCUT2D eigenvalue weighted by molar-refractivity contribution is 5.78. The molecular formula is C13H19NO3. The summed E-state index contributed by atoms with van der Waals surface area (Å²) in [5.74, 6) is 0.701. The Balaban J connectivity index is 2.49. The Morgan fingerprint density at radius 3 is 2.53 bits per heavy atom. The summed E-state index contributed by atoms with van der Waals surface area (Å²) in [5, 5.41) is 11.8. The van der Waals surface area contributed by atoms with Crippen molar-refractivity contribution in [3.05, 3.63) is 29.8 Å². The van der Waals surface area contributed by atoms with Crippen molar-refractivity contribution in [3.63, 3.8) is 0 Å². The molecular weight excluding hydrogens is 218 g/mol. The van der Waals surface area contributed by atoms with E-state index in [4.69, 9.17) is 9.84 Å². The Kier molecular flexibility index (Phi) is 5.49. The predicted molar refractivity (Wildman–Crippen MR) is 66.0 cm³/mol. The summed E-state index contributed by atoms with van der Waals surface area (Å²) in [6.07, 6.45) is 1.05. The van der Waals surface area contributed by atoms with E-state index in [1.54, 1.807) is 7.11 Å². The van der Waals surface area contributed by atoms with E-state index in [1.807, 2.05) is 31.2 Å². The number of benzene rings is 1. The van der Waals surface area contributed by atoms with E-state index in [1.165, 1.54) is 0 Å². The molecule has 94 valence electrons. The maximum atomic E-state index is 11.6. The standard InChI is InChI=1S/C13H19NO3/c1-3-11(9-15)14-13(16)8-10-4-6-12(17-2)7-5-10/h4-7,11,15H,3,8-9H2,1-2H3,(H,14,16). The number of carbonyl (C=O) groups is 1. The van der Waals surface area contributed by atoms with Crippen molar-refractivity contribution in [3.8, 4) is 5.75 Å². The number of amides is 1. The lowest BCUT2D eigenvalue weighted by atomic mass is 10.1. The zero-order chi connectivity index (χ0) is 12.7. The van der Waals surface area contributed by atoms with Gasteiger partial charge in [0.2, 0.25) is 5.91 Å². The van der Waals surface area contributed by atoms with Crippen molar-refractivity contribution in [1.82, 2.24) is 5.32 Å². The molecule has 0 spiro atoms. The van der Waals surface area contributed by atoms with Crippen LogP contribution in [-0.4, -0.2) is 30.8 Å². The van der Waals surface area contributed by atoms with Crippen molar-refractivity contribution in [2.45, 2.75) is 25.8 Å². The minimum atomic E-state index is -0.152. The molecule has 0 radical (unpaired) electrons. The highest BCUT2D eigenvalue weighted by Gasteiger charge is 2.09. The predicted octanol–water partition coefficient (Wildman–Crippen LogP) is 1.12. The lowest BCUT2D eigenvalue weighted by molar-refractivity contribution is -0.121. The summed E-state index contributed by atoms with van der Waals surface area (Å²) in [6.45, 7) is 1.90. The van der Waals surface area contributed by atoms with Crippen molar-refractivity contribution in [1.29, 1.82) is 0 Å². The van der Waals surface area contributed by atoms with Gasteiger partial charge in [0.05, 0.1) is 26.2 Å². The van der Waals surface area contributed by atoms with Gasteiger partial charge in [0.25, 0.3) is 0 Å². The Labute approximate surface area is 102 Å². The number of hydrogen-bond acceptors (Lipinski definition) is 3. The zero-order valence-corrected chi connectivity index (χ0v) is 10.3. The molecule has 2 N–H and O–H groups in total. The molecule has 0 saturated heterocycles.